The van der Waals surface area contributed by atoms with Crippen molar-refractivity contribution in [2.75, 3.05) is 22.9 Å². The van der Waals surface area contributed by atoms with Gasteiger partial charge in [-0.3, -0.25) is 30.0 Å². The van der Waals surface area contributed by atoms with Crippen molar-refractivity contribution in [1.82, 2.24) is 20.4 Å². The summed E-state index contributed by atoms with van der Waals surface area (Å²) in [5, 5.41) is 7.23. The first-order valence-electron chi connectivity index (χ1n) is 27.6. The van der Waals surface area contributed by atoms with E-state index >= 15 is 0 Å². The molecular weight excluding hydrogens is 1020 g/mol. The van der Waals surface area contributed by atoms with Crippen molar-refractivity contribution in [1.29, 1.82) is 0 Å². The lowest BCUT2D eigenvalue weighted by atomic mass is 9.81. The predicted molar refractivity (Wildman–Crippen MR) is 313 cm³/mol. The molecule has 2 saturated carbocycles. The largest absolute Gasteiger partial charge is 0.491 e. The predicted octanol–water partition coefficient (Wildman–Crippen LogP) is 13.6. The third-order valence-corrected chi connectivity index (χ3v) is 16.2. The number of amides is 2. The maximum atomic E-state index is 14.3. The number of nitrogens with one attached hydrogen (secondary N) is 2. The van der Waals surface area contributed by atoms with Gasteiger partial charge in [-0.05, 0) is 177 Å². The van der Waals surface area contributed by atoms with Gasteiger partial charge in [-0.15, -0.1) is 24.8 Å². The van der Waals surface area contributed by atoms with Crippen molar-refractivity contribution in [3.8, 4) is 11.5 Å². The number of anilines is 2. The molecule has 76 heavy (non-hydrogen) atoms. The topological polar surface area (TPSA) is 97.3 Å². The zero-order valence-electron chi connectivity index (χ0n) is 45.3. The highest BCUT2D eigenvalue weighted by molar-refractivity contribution is 7.80. The minimum Gasteiger partial charge on any atom is -0.491 e. The molecule has 11 nitrogen and oxygen atoms in total. The molecule has 4 aromatic carbocycles. The summed E-state index contributed by atoms with van der Waals surface area (Å²) < 4.78 is 40.4. The van der Waals surface area contributed by atoms with Crippen LogP contribution in [0.25, 0.3) is 0 Å². The molecule has 0 radical (unpaired) electrons. The molecule has 4 atom stereocenters. The fourth-order valence-corrected chi connectivity index (χ4v) is 12.9. The second kappa shape index (κ2) is 26.2. The molecule has 6 aliphatic rings. The molecule has 6 fully saturated rings. The number of amidine groups is 2. The Bertz CT molecular complexity index is 2490. The van der Waals surface area contributed by atoms with E-state index in [1.165, 1.54) is 67.9 Å². The Morgan fingerprint density at radius 2 is 1.03 bits per heavy atom. The van der Waals surface area contributed by atoms with Gasteiger partial charge >= 0.3 is 6.03 Å². The Balaban J connectivity index is 0.000000216. The minimum absolute atomic E-state index is 0. The molecule has 4 aromatic rings. The maximum Gasteiger partial charge on any atom is 0.328 e. The summed E-state index contributed by atoms with van der Waals surface area (Å²) in [6.07, 6.45) is 15.2. The van der Waals surface area contributed by atoms with Gasteiger partial charge in [0.25, 0.3) is 0 Å². The normalized spacial score (nSPS) is 25.6. The highest BCUT2D eigenvalue weighted by Crippen LogP contribution is 2.43. The Kier molecular flexibility index (Phi) is 20.3. The van der Waals surface area contributed by atoms with Gasteiger partial charge in [0.2, 0.25) is 0 Å². The van der Waals surface area contributed by atoms with E-state index in [0.717, 1.165) is 106 Å². The van der Waals surface area contributed by atoms with Gasteiger partial charge in [0.05, 0.1) is 24.3 Å². The monoisotopic (exact) mass is 1100 g/mol. The summed E-state index contributed by atoms with van der Waals surface area (Å²) in [7, 11) is 0. The van der Waals surface area contributed by atoms with Crippen LogP contribution < -0.4 is 29.9 Å². The SMILES string of the molecule is CC(C)Oc1cccc(CN2CC[C@@]3(C[C@@H]2C)C(=NC2CCCCC2)NC(=O)N3c2cccc(F)c2)c1.CC(C)Oc1cccc(CN2CC[C@@]3(C[C@@H]2C)C(=NC2CCCCC2)NC(=S)N3c2cccc(F)c2)c1.Cl.Cl. The van der Waals surface area contributed by atoms with Crippen LogP contribution in [-0.4, -0.2) is 93.2 Å². The lowest BCUT2D eigenvalue weighted by Crippen LogP contribution is -2.59. The second-order valence-corrected chi connectivity index (χ2v) is 22.7. The molecule has 0 bridgehead atoms. The van der Waals surface area contributed by atoms with Crippen LogP contribution in [0.4, 0.5) is 25.0 Å². The lowest BCUT2D eigenvalue weighted by molar-refractivity contribution is 0.123. The summed E-state index contributed by atoms with van der Waals surface area (Å²) in [4.78, 5) is 32.8. The molecule has 10 rings (SSSR count). The van der Waals surface area contributed by atoms with Gasteiger partial charge in [0.1, 0.15) is 45.9 Å². The summed E-state index contributed by atoms with van der Waals surface area (Å²) >= 11 is 5.87. The van der Waals surface area contributed by atoms with E-state index in [9.17, 15) is 13.6 Å². The van der Waals surface area contributed by atoms with Gasteiger partial charge in [-0.2, -0.15) is 0 Å². The van der Waals surface area contributed by atoms with E-state index in [2.05, 4.69) is 83.4 Å². The van der Waals surface area contributed by atoms with E-state index < -0.39 is 5.54 Å². The molecule has 0 aromatic heterocycles. The number of piperidine rings is 2. The third kappa shape index (κ3) is 13.7. The molecule has 2 N–H and O–H groups in total. The van der Waals surface area contributed by atoms with E-state index in [-0.39, 0.29) is 72.3 Å². The summed E-state index contributed by atoms with van der Waals surface area (Å²) in [5.41, 5.74) is 2.86. The van der Waals surface area contributed by atoms with Crippen molar-refractivity contribution < 1.29 is 23.0 Å². The summed E-state index contributed by atoms with van der Waals surface area (Å²) in [5.74, 6) is 2.96. The van der Waals surface area contributed by atoms with Crippen LogP contribution in [0.15, 0.2) is 107 Å². The minimum atomic E-state index is -0.596. The van der Waals surface area contributed by atoms with E-state index in [0.29, 0.717) is 22.9 Å². The number of urea groups is 1. The fraction of sp³-hybridized carbons (Fsp3) is 0.533. The Morgan fingerprint density at radius 3 is 1.46 bits per heavy atom. The number of hydrogen-bond donors (Lipinski definition) is 2. The fourth-order valence-electron chi connectivity index (χ4n) is 12.5. The standard InChI is InChI=1S/C30H39FN4O2.C30H39FN4OS.2ClH/c1-21(2)37-27-14-7-9-23(17-27)20-34-16-15-30(19-22(34)3)28(32-25-11-5-4-6-12-25)33-29(36)35(30)26-13-8-10-24(31)18-26;1-21(2)36-27-14-7-9-23(17-27)20-34-16-15-30(19-22(34)3)28(32-25-11-5-4-6-12-25)33-29(37)35(30)26-13-8-10-24(31)18-26;;/h7-10,13-14,17-18,21-22,25H,4-6,11-12,15-16,19-20H2,1-3H3,(H,32,33,36);7-10,13-14,17-18,21-22,25H,4-6,11-12,15-16,19-20H2,1-3H3,(H,32,33,37);2*1H/t2*22-,30+;;/m00../s1. The first-order valence-corrected chi connectivity index (χ1v) is 28.0. The third-order valence-electron chi connectivity index (χ3n) is 15.9. The number of carbonyl (C=O) groups excluding carboxylic acids is 1. The summed E-state index contributed by atoms with van der Waals surface area (Å²) in [6, 6.07) is 30.8. The number of carbonyl (C=O) groups is 1. The molecule has 2 aliphatic carbocycles. The number of hydrogen-bond acceptors (Lipinski definition) is 8. The average Bonchev–Trinajstić information content (AvgIpc) is 3.77. The number of thiocarbonyl (C=S) groups is 1. The molecule has 2 amide bonds. The van der Waals surface area contributed by atoms with Crippen molar-refractivity contribution in [3.63, 3.8) is 0 Å². The van der Waals surface area contributed by atoms with Gasteiger partial charge < -0.3 is 19.7 Å². The Morgan fingerprint density at radius 1 is 0.605 bits per heavy atom. The van der Waals surface area contributed by atoms with Gasteiger partial charge in [-0.25, -0.2) is 13.6 Å². The molecule has 4 aliphatic heterocycles. The van der Waals surface area contributed by atoms with Crippen LogP contribution in [0, 0.1) is 11.6 Å². The first-order chi connectivity index (χ1) is 35.7. The lowest BCUT2D eigenvalue weighted by Gasteiger charge is -2.47. The van der Waals surface area contributed by atoms with Crippen LogP contribution in [0.1, 0.15) is 143 Å². The molecule has 4 heterocycles. The zero-order chi connectivity index (χ0) is 52.0. The van der Waals surface area contributed by atoms with E-state index in [4.69, 9.17) is 31.7 Å². The van der Waals surface area contributed by atoms with Crippen LogP contribution in [0.5, 0.6) is 11.5 Å². The molecule has 4 saturated heterocycles. The van der Waals surface area contributed by atoms with E-state index in [1.54, 1.807) is 23.1 Å². The second-order valence-electron chi connectivity index (χ2n) is 22.3. The number of ether oxygens (including phenoxy) is 2. The molecule has 2 spiro atoms. The smallest absolute Gasteiger partial charge is 0.328 e. The molecular formula is C60H80Cl2F2N8O3S. The van der Waals surface area contributed by atoms with Crippen LogP contribution in [0.3, 0.4) is 0 Å². The Hall–Kier alpha value is -4.86. The number of rotatable bonds is 12. The van der Waals surface area contributed by atoms with Gasteiger partial charge in [0, 0.05) is 49.6 Å². The van der Waals surface area contributed by atoms with Crippen molar-refractivity contribution in [3.05, 3.63) is 120 Å². The first kappa shape index (κ1) is 58.8. The highest BCUT2D eigenvalue weighted by Gasteiger charge is 2.55. The van der Waals surface area contributed by atoms with Crippen LogP contribution >= 0.6 is 37.0 Å². The number of benzene rings is 4. The van der Waals surface area contributed by atoms with E-state index in [1.807, 2.05) is 44.2 Å². The van der Waals surface area contributed by atoms with Crippen molar-refractivity contribution >= 4 is 71.2 Å². The highest BCUT2D eigenvalue weighted by atomic mass is 35.5. The van der Waals surface area contributed by atoms with Gasteiger partial charge in [-0.1, -0.05) is 74.9 Å². The van der Waals surface area contributed by atoms with Crippen LogP contribution in [-0.2, 0) is 13.1 Å². The number of aliphatic imine (C=N–C) groups is 2. The van der Waals surface area contributed by atoms with Crippen molar-refractivity contribution in [2.24, 2.45) is 9.98 Å². The maximum absolute atomic E-state index is 14.3. The summed E-state index contributed by atoms with van der Waals surface area (Å²) in [6.45, 7) is 16.1. The molecule has 412 valence electrons. The quantitative estimate of drug-likeness (QED) is 0.135. The number of halogens is 4. The number of likely N-dealkylation sites (tertiary alicyclic amines) is 2. The zero-order valence-corrected chi connectivity index (χ0v) is 47.8. The van der Waals surface area contributed by atoms with Crippen molar-refractivity contribution in [2.45, 2.75) is 192 Å². The molecule has 0 unspecified atom stereocenters. The number of nitrogens with zero attached hydrogens (tertiary/aromatic N) is 6. The Labute approximate surface area is 468 Å². The molecule has 16 heteroatoms. The van der Waals surface area contributed by atoms with Gasteiger partial charge in [0.15, 0.2) is 5.11 Å². The van der Waals surface area contributed by atoms with Crippen LogP contribution in [0.2, 0.25) is 0 Å². The average molecular weight is 1100 g/mol.